The molecule has 4 nitrogen and oxygen atoms in total. The third kappa shape index (κ3) is 3.74. The van der Waals surface area contributed by atoms with Crippen LogP contribution >= 0.6 is 24.0 Å². The molecule has 114 valence electrons. The summed E-state index contributed by atoms with van der Waals surface area (Å²) in [4.78, 5) is 6.19. The van der Waals surface area contributed by atoms with Gasteiger partial charge in [0.15, 0.2) is 0 Å². The molecule has 0 radical (unpaired) electrons. The zero-order valence-electron chi connectivity index (χ0n) is 12.7. The van der Waals surface area contributed by atoms with Gasteiger partial charge in [0.25, 0.3) is 6.17 Å². The molecule has 1 aromatic heterocycles. The Labute approximate surface area is 135 Å². The van der Waals surface area contributed by atoms with Crippen LogP contribution in [-0.2, 0) is 0 Å². The highest BCUT2D eigenvalue weighted by Crippen LogP contribution is 2.41. The molecule has 1 fully saturated rings. The highest BCUT2D eigenvalue weighted by molar-refractivity contribution is 8.24. The molecule has 21 heavy (non-hydrogen) atoms. The number of pyridine rings is 1. The van der Waals surface area contributed by atoms with Gasteiger partial charge in [-0.05, 0) is 37.1 Å². The van der Waals surface area contributed by atoms with E-state index in [0.29, 0.717) is 0 Å². The number of thioether (sulfide) groups is 1. The molecule has 1 atom stereocenters. The highest BCUT2D eigenvalue weighted by Gasteiger charge is 2.52. The van der Waals surface area contributed by atoms with Gasteiger partial charge in [0.05, 0.1) is 5.56 Å². The molecule has 0 aliphatic carbocycles. The number of hydrogen-bond acceptors (Lipinski definition) is 4. The van der Waals surface area contributed by atoms with Crippen molar-refractivity contribution in [3.05, 3.63) is 30.1 Å². The van der Waals surface area contributed by atoms with Gasteiger partial charge in [0.1, 0.15) is 9.07 Å². The van der Waals surface area contributed by atoms with Gasteiger partial charge in [-0.2, -0.15) is 0 Å². The summed E-state index contributed by atoms with van der Waals surface area (Å²) in [6.45, 7) is 7.25. The van der Waals surface area contributed by atoms with Crippen molar-refractivity contribution in [2.24, 2.45) is 0 Å². The zero-order valence-corrected chi connectivity index (χ0v) is 14.3. The summed E-state index contributed by atoms with van der Waals surface area (Å²) in [6.07, 6.45) is 7.17. The van der Waals surface area contributed by atoms with E-state index in [2.05, 4.69) is 30.7 Å². The summed E-state index contributed by atoms with van der Waals surface area (Å²) in [6, 6.07) is 3.77. The van der Waals surface area contributed by atoms with Crippen molar-refractivity contribution in [1.82, 2.24) is 9.88 Å². The molecular weight excluding hydrogens is 302 g/mol. The van der Waals surface area contributed by atoms with Gasteiger partial charge >= 0.3 is 0 Å². The molecule has 0 amide bonds. The lowest BCUT2D eigenvalue weighted by Gasteiger charge is -2.25. The van der Waals surface area contributed by atoms with Crippen LogP contribution in [0.2, 0.25) is 0 Å². The smallest absolute Gasteiger partial charge is 0.292 e. The minimum absolute atomic E-state index is 0.165. The summed E-state index contributed by atoms with van der Waals surface area (Å²) in [5.41, 5.74) is 0.869. The van der Waals surface area contributed by atoms with Crippen LogP contribution in [0.15, 0.2) is 24.5 Å². The van der Waals surface area contributed by atoms with E-state index in [1.165, 1.54) is 4.74 Å². The fourth-order valence-electron chi connectivity index (χ4n) is 2.49. The van der Waals surface area contributed by atoms with Gasteiger partial charge < -0.3 is 0 Å². The topological polar surface area (TPSA) is 39.4 Å². The third-order valence-corrected chi connectivity index (χ3v) is 5.10. The fourth-order valence-corrected chi connectivity index (χ4v) is 4.43. The number of nitrogens with zero attached hydrogens (tertiary/aromatic N) is 3. The second-order valence-electron chi connectivity index (χ2n) is 5.69. The maximum absolute atomic E-state index is 10.6. The molecule has 1 aliphatic heterocycles. The number of hydrogen-bond donors (Lipinski definition) is 1. The van der Waals surface area contributed by atoms with E-state index in [9.17, 15) is 5.21 Å². The van der Waals surface area contributed by atoms with Gasteiger partial charge in [-0.1, -0.05) is 37.3 Å². The number of unbranched alkanes of at least 4 members (excludes halogenated alkanes) is 1. The molecule has 2 heterocycles. The van der Waals surface area contributed by atoms with Crippen molar-refractivity contribution in [1.29, 1.82) is 0 Å². The lowest BCUT2D eigenvalue weighted by Crippen LogP contribution is -2.49. The Balaban J connectivity index is 2.28. The Bertz CT molecular complexity index is 531. The predicted molar refractivity (Wildman–Crippen MR) is 91.1 cm³/mol. The van der Waals surface area contributed by atoms with Crippen molar-refractivity contribution in [3.63, 3.8) is 0 Å². The lowest BCUT2D eigenvalue weighted by molar-refractivity contribution is -0.808. The van der Waals surface area contributed by atoms with Crippen molar-refractivity contribution >= 4 is 34.5 Å². The molecule has 6 heteroatoms. The molecular formula is C15H22N3OS2+. The summed E-state index contributed by atoms with van der Waals surface area (Å²) >= 11 is 7.14. The first-order chi connectivity index (χ1) is 9.95. The molecule has 0 bridgehead atoms. The maximum atomic E-state index is 10.6. The zero-order chi connectivity index (χ0) is 15.5. The summed E-state index contributed by atoms with van der Waals surface area (Å²) in [5.74, 6) is 0. The Hall–Kier alpha value is -1.14. The first kappa shape index (κ1) is 16.2. The Kier molecular flexibility index (Phi) is 5.22. The van der Waals surface area contributed by atoms with Crippen LogP contribution in [0.3, 0.4) is 0 Å². The van der Waals surface area contributed by atoms with Crippen molar-refractivity contribution in [3.8, 4) is 0 Å². The fraction of sp³-hybridized carbons (Fsp3) is 0.533. The van der Waals surface area contributed by atoms with E-state index in [1.807, 2.05) is 12.1 Å². The average Bonchev–Trinajstić information content (AvgIpc) is 2.66. The second-order valence-corrected chi connectivity index (χ2v) is 7.98. The number of aromatic nitrogens is 1. The van der Waals surface area contributed by atoms with E-state index in [1.54, 1.807) is 30.4 Å². The quantitative estimate of drug-likeness (QED) is 0.296. The minimum atomic E-state index is -0.168. The van der Waals surface area contributed by atoms with E-state index in [-0.39, 0.29) is 10.9 Å². The van der Waals surface area contributed by atoms with Crippen LogP contribution in [0.4, 0.5) is 0 Å². The van der Waals surface area contributed by atoms with Gasteiger partial charge in [-0.25, -0.2) is 0 Å². The maximum Gasteiger partial charge on any atom is 0.292 e. The van der Waals surface area contributed by atoms with Crippen LogP contribution in [0.5, 0.6) is 0 Å². The molecule has 0 spiro atoms. The van der Waals surface area contributed by atoms with Crippen LogP contribution in [0, 0.1) is 0 Å². The van der Waals surface area contributed by atoms with Gasteiger partial charge in [-0.15, -0.1) is 0 Å². The SMILES string of the molecule is CCCCN1C(=S)SC(C)(C)C1[N+](O)=Cc1cccnc1. The largest absolute Gasteiger partial charge is 0.295 e. The molecule has 1 N–H and O–H groups in total. The van der Waals surface area contributed by atoms with E-state index in [4.69, 9.17) is 12.2 Å². The van der Waals surface area contributed by atoms with E-state index in [0.717, 1.165) is 29.3 Å². The van der Waals surface area contributed by atoms with Crippen LogP contribution in [-0.4, -0.2) is 47.8 Å². The second kappa shape index (κ2) is 6.75. The average molecular weight is 324 g/mol. The van der Waals surface area contributed by atoms with E-state index < -0.39 is 0 Å². The van der Waals surface area contributed by atoms with Gasteiger partial charge in [-0.3, -0.25) is 15.1 Å². The predicted octanol–water partition coefficient (Wildman–Crippen LogP) is 3.14. The Morgan fingerprint density at radius 1 is 1.57 bits per heavy atom. The minimum Gasteiger partial charge on any atom is -0.295 e. The summed E-state index contributed by atoms with van der Waals surface area (Å²) in [5, 5.41) is 10.6. The first-order valence-corrected chi connectivity index (χ1v) is 8.40. The van der Waals surface area contributed by atoms with Gasteiger partial charge in [0, 0.05) is 18.9 Å². The normalized spacial score (nSPS) is 21.9. The van der Waals surface area contributed by atoms with Gasteiger partial charge in [0.2, 0.25) is 6.21 Å². The van der Waals surface area contributed by atoms with Crippen LogP contribution in [0.25, 0.3) is 0 Å². The van der Waals surface area contributed by atoms with Crippen LogP contribution < -0.4 is 0 Å². The summed E-state index contributed by atoms with van der Waals surface area (Å²) in [7, 11) is 0. The molecule has 1 aliphatic rings. The molecule has 1 saturated heterocycles. The molecule has 2 rings (SSSR count). The van der Waals surface area contributed by atoms with E-state index >= 15 is 0 Å². The lowest BCUT2D eigenvalue weighted by atomic mass is 10.1. The number of hydroxylamine groups is 1. The van der Waals surface area contributed by atoms with Crippen molar-refractivity contribution in [2.45, 2.75) is 44.5 Å². The Morgan fingerprint density at radius 2 is 2.33 bits per heavy atom. The van der Waals surface area contributed by atoms with Crippen LogP contribution in [0.1, 0.15) is 39.2 Å². The monoisotopic (exact) mass is 324 g/mol. The number of thiocarbonyl (C=S) groups is 1. The summed E-state index contributed by atoms with van der Waals surface area (Å²) < 4.78 is 1.97. The standard InChI is InChI=1S/C15H22N3OS2/c1-4-5-9-17-13(15(2,3)21-14(17)20)18(19)11-12-7-6-8-16-10-12/h6-8,10-11,13,19H,4-5,9H2,1-3H3/q+1. The third-order valence-electron chi connectivity index (χ3n) is 3.47. The molecule has 1 aromatic rings. The molecule has 0 saturated carbocycles. The Morgan fingerprint density at radius 3 is 2.95 bits per heavy atom. The highest BCUT2D eigenvalue weighted by atomic mass is 32.2. The van der Waals surface area contributed by atoms with Crippen molar-refractivity contribution in [2.75, 3.05) is 6.54 Å². The number of rotatable bonds is 5. The molecule has 1 unspecified atom stereocenters. The first-order valence-electron chi connectivity index (χ1n) is 7.17. The molecule has 0 aromatic carbocycles. The van der Waals surface area contributed by atoms with Crippen molar-refractivity contribution < 1.29 is 9.95 Å².